The van der Waals surface area contributed by atoms with E-state index in [0.717, 1.165) is 29.9 Å². The molecule has 8 nitrogen and oxygen atoms in total. The van der Waals surface area contributed by atoms with Gasteiger partial charge in [-0.05, 0) is 60.5 Å². The number of carbonyl (C=O) groups excluding carboxylic acids is 4. The monoisotopic (exact) mass is 541 g/mol. The van der Waals surface area contributed by atoms with Gasteiger partial charge in [0.05, 0.1) is 11.4 Å². The second kappa shape index (κ2) is 11.0. The molecular weight excluding hydrogens is 516 g/mol. The summed E-state index contributed by atoms with van der Waals surface area (Å²) >= 11 is 0.690. The van der Waals surface area contributed by atoms with E-state index in [2.05, 4.69) is 0 Å². The van der Waals surface area contributed by atoms with Gasteiger partial charge in [-0.25, -0.2) is 8.78 Å². The largest absolute Gasteiger partial charge is 0.368 e. The normalized spacial score (nSPS) is 21.1. The molecule has 0 aromatic heterocycles. The van der Waals surface area contributed by atoms with E-state index >= 15 is 0 Å². The lowest BCUT2D eigenvalue weighted by Gasteiger charge is -2.35. The maximum Gasteiger partial charge on any atom is 0.293 e. The molecule has 3 heterocycles. The summed E-state index contributed by atoms with van der Waals surface area (Å²) in [6.07, 6.45) is 2.76. The zero-order chi connectivity index (χ0) is 26.8. The SMILES string of the molecule is O=C(c1ccc(/C=C2\SC(=O)N(Cc3c(F)cccc3F)C2=O)cc1)N1CCN(C(=O)C2CCCO2)CC1. The van der Waals surface area contributed by atoms with Gasteiger partial charge in [-0.15, -0.1) is 0 Å². The first-order chi connectivity index (χ1) is 18.3. The van der Waals surface area contributed by atoms with Crippen molar-refractivity contribution in [2.75, 3.05) is 32.8 Å². The highest BCUT2D eigenvalue weighted by atomic mass is 32.2. The van der Waals surface area contributed by atoms with E-state index in [-0.39, 0.29) is 28.4 Å². The van der Waals surface area contributed by atoms with Crippen LogP contribution >= 0.6 is 11.8 Å². The third-order valence-corrected chi connectivity index (χ3v) is 7.70. The summed E-state index contributed by atoms with van der Waals surface area (Å²) in [6.45, 7) is 1.87. The molecule has 4 amide bonds. The van der Waals surface area contributed by atoms with Crippen LogP contribution < -0.4 is 0 Å². The molecule has 0 aliphatic carbocycles. The van der Waals surface area contributed by atoms with Crippen LogP contribution in [-0.4, -0.2) is 76.6 Å². The van der Waals surface area contributed by atoms with E-state index in [1.54, 1.807) is 34.1 Å². The molecule has 2 aromatic carbocycles. The van der Waals surface area contributed by atoms with Gasteiger partial charge < -0.3 is 14.5 Å². The van der Waals surface area contributed by atoms with Crippen molar-refractivity contribution in [3.8, 4) is 0 Å². The minimum absolute atomic E-state index is 0.0117. The van der Waals surface area contributed by atoms with Crippen molar-refractivity contribution in [1.82, 2.24) is 14.7 Å². The van der Waals surface area contributed by atoms with Gasteiger partial charge in [0.15, 0.2) is 0 Å². The number of thioether (sulfide) groups is 1. The third kappa shape index (κ3) is 5.34. The fourth-order valence-electron chi connectivity index (χ4n) is 4.64. The summed E-state index contributed by atoms with van der Waals surface area (Å²) in [5, 5.41) is -0.618. The Hall–Kier alpha value is -3.57. The van der Waals surface area contributed by atoms with Crippen LogP contribution in [-0.2, 0) is 20.9 Å². The van der Waals surface area contributed by atoms with E-state index < -0.39 is 29.3 Å². The minimum atomic E-state index is -0.830. The van der Waals surface area contributed by atoms with Gasteiger partial charge in [0, 0.05) is 43.9 Å². The number of amides is 4. The van der Waals surface area contributed by atoms with E-state index in [1.807, 2.05) is 0 Å². The van der Waals surface area contributed by atoms with Gasteiger partial charge >= 0.3 is 0 Å². The van der Waals surface area contributed by atoms with Crippen molar-refractivity contribution in [2.45, 2.75) is 25.5 Å². The highest BCUT2D eigenvalue weighted by Gasteiger charge is 2.36. The number of imide groups is 1. The summed E-state index contributed by atoms with van der Waals surface area (Å²) in [5.74, 6) is -2.47. The topological polar surface area (TPSA) is 87.2 Å². The second-order valence-electron chi connectivity index (χ2n) is 9.21. The van der Waals surface area contributed by atoms with E-state index in [9.17, 15) is 28.0 Å². The Morgan fingerprint density at radius 1 is 0.974 bits per heavy atom. The van der Waals surface area contributed by atoms with Crippen LogP contribution in [0, 0.1) is 11.6 Å². The molecule has 0 saturated carbocycles. The highest BCUT2D eigenvalue weighted by Crippen LogP contribution is 2.34. The van der Waals surface area contributed by atoms with Crippen molar-refractivity contribution in [1.29, 1.82) is 0 Å². The molecule has 3 fully saturated rings. The Balaban J connectivity index is 1.20. The first-order valence-corrected chi connectivity index (χ1v) is 13.1. The van der Waals surface area contributed by atoms with Gasteiger partial charge in [0.2, 0.25) is 0 Å². The van der Waals surface area contributed by atoms with Crippen LogP contribution in [0.4, 0.5) is 13.6 Å². The lowest BCUT2D eigenvalue weighted by atomic mass is 10.1. The minimum Gasteiger partial charge on any atom is -0.368 e. The Morgan fingerprint density at radius 2 is 1.63 bits per heavy atom. The quantitative estimate of drug-likeness (QED) is 0.537. The third-order valence-electron chi connectivity index (χ3n) is 6.79. The van der Waals surface area contributed by atoms with Gasteiger partial charge in [0.1, 0.15) is 17.7 Å². The number of benzene rings is 2. The Bertz CT molecular complexity index is 1280. The molecule has 3 aliphatic heterocycles. The maximum atomic E-state index is 14.0. The number of nitrogens with zero attached hydrogens (tertiary/aromatic N) is 3. The summed E-state index contributed by atoms with van der Waals surface area (Å²) in [7, 11) is 0. The number of piperazine rings is 1. The van der Waals surface area contributed by atoms with E-state index in [0.29, 0.717) is 55.7 Å². The lowest BCUT2D eigenvalue weighted by molar-refractivity contribution is -0.142. The van der Waals surface area contributed by atoms with E-state index in [4.69, 9.17) is 4.74 Å². The molecule has 198 valence electrons. The number of hydrogen-bond donors (Lipinski definition) is 0. The van der Waals surface area contributed by atoms with Crippen LogP contribution in [0.1, 0.15) is 34.3 Å². The van der Waals surface area contributed by atoms with Crippen LogP contribution in [0.3, 0.4) is 0 Å². The molecule has 2 aromatic rings. The fraction of sp³-hybridized carbons (Fsp3) is 0.333. The molecule has 11 heteroatoms. The standard InChI is InChI=1S/C27H25F2N3O5S/c28-20-3-1-4-21(29)19(20)16-32-26(35)23(38-27(32)36)15-17-6-8-18(9-7-17)24(33)30-10-12-31(13-11-30)25(34)22-5-2-14-37-22/h1,3-4,6-9,15,22H,2,5,10-14,16H2/b23-15-. The molecule has 38 heavy (non-hydrogen) atoms. The van der Waals surface area contributed by atoms with Crippen LogP contribution in [0.5, 0.6) is 0 Å². The Kier molecular flexibility index (Phi) is 7.57. The molecule has 5 rings (SSSR count). The highest BCUT2D eigenvalue weighted by molar-refractivity contribution is 8.18. The summed E-state index contributed by atoms with van der Waals surface area (Å²) < 4.78 is 33.5. The molecule has 3 aliphatic rings. The van der Waals surface area contributed by atoms with Crippen molar-refractivity contribution in [2.24, 2.45) is 0 Å². The van der Waals surface area contributed by atoms with Gasteiger partial charge in [-0.1, -0.05) is 18.2 Å². The first kappa shape index (κ1) is 26.1. The Labute approximate surface area is 222 Å². The average Bonchev–Trinajstić information content (AvgIpc) is 3.55. The molecule has 1 atom stereocenters. The predicted molar refractivity (Wildman–Crippen MR) is 136 cm³/mol. The maximum absolute atomic E-state index is 14.0. The van der Waals surface area contributed by atoms with Crippen molar-refractivity contribution in [3.05, 3.63) is 75.7 Å². The van der Waals surface area contributed by atoms with Crippen molar-refractivity contribution in [3.63, 3.8) is 0 Å². The number of ether oxygens (including phenoxy) is 1. The summed E-state index contributed by atoms with van der Waals surface area (Å²) in [5.41, 5.74) is 0.705. The number of hydrogen-bond acceptors (Lipinski definition) is 6. The van der Waals surface area contributed by atoms with Crippen LogP contribution in [0.25, 0.3) is 6.08 Å². The van der Waals surface area contributed by atoms with Gasteiger partial charge in [0.25, 0.3) is 23.0 Å². The van der Waals surface area contributed by atoms with Gasteiger partial charge in [-0.3, -0.25) is 24.1 Å². The first-order valence-electron chi connectivity index (χ1n) is 12.3. The zero-order valence-corrected chi connectivity index (χ0v) is 21.2. The second-order valence-corrected chi connectivity index (χ2v) is 10.2. The predicted octanol–water partition coefficient (Wildman–Crippen LogP) is 3.66. The summed E-state index contributed by atoms with van der Waals surface area (Å²) in [4.78, 5) is 55.0. The zero-order valence-electron chi connectivity index (χ0n) is 20.4. The van der Waals surface area contributed by atoms with Crippen LogP contribution in [0.15, 0.2) is 47.4 Å². The molecule has 0 N–H and O–H groups in total. The Morgan fingerprint density at radius 3 is 2.26 bits per heavy atom. The van der Waals surface area contributed by atoms with E-state index in [1.165, 1.54) is 12.1 Å². The molecule has 3 saturated heterocycles. The van der Waals surface area contributed by atoms with Gasteiger partial charge in [-0.2, -0.15) is 0 Å². The number of carbonyl (C=O) groups is 4. The number of halogens is 2. The molecule has 0 spiro atoms. The summed E-state index contributed by atoms with van der Waals surface area (Å²) in [6, 6.07) is 9.95. The van der Waals surface area contributed by atoms with Crippen molar-refractivity contribution >= 4 is 40.8 Å². The molecule has 0 radical (unpaired) electrons. The molecule has 0 bridgehead atoms. The number of rotatable bonds is 5. The smallest absolute Gasteiger partial charge is 0.293 e. The average molecular weight is 542 g/mol. The van der Waals surface area contributed by atoms with Crippen LogP contribution in [0.2, 0.25) is 0 Å². The lowest BCUT2D eigenvalue weighted by Crippen LogP contribution is -2.52. The molecule has 1 unspecified atom stereocenters. The van der Waals surface area contributed by atoms with Crippen molar-refractivity contribution < 1.29 is 32.7 Å². The fourth-order valence-corrected chi connectivity index (χ4v) is 5.48. The molecular formula is C27H25F2N3O5S.